The number of hydrogen-bond donors (Lipinski definition) is 2. The molecule has 0 saturated carbocycles. The molecule has 17 heavy (non-hydrogen) atoms. The van der Waals surface area contributed by atoms with Crippen LogP contribution in [0.4, 0.5) is 0 Å². The molecule has 0 aliphatic carbocycles. The van der Waals surface area contributed by atoms with Gasteiger partial charge in [-0.3, -0.25) is 0 Å². The van der Waals surface area contributed by atoms with Gasteiger partial charge in [0.05, 0.1) is 0 Å². The van der Waals surface area contributed by atoms with Gasteiger partial charge in [0.25, 0.3) is 0 Å². The van der Waals surface area contributed by atoms with E-state index < -0.39 is 0 Å². The monoisotopic (exact) mass is 240 g/mol. The lowest BCUT2D eigenvalue weighted by atomic mass is 10.1. The van der Waals surface area contributed by atoms with Crippen LogP contribution in [-0.4, -0.2) is 6.54 Å². The lowest BCUT2D eigenvalue weighted by molar-refractivity contribution is 0.580. The Hall–Kier alpha value is -0.500. The van der Waals surface area contributed by atoms with E-state index in [0.29, 0.717) is 0 Å². The fourth-order valence-corrected chi connectivity index (χ4v) is 1.95. The molecule has 0 spiro atoms. The number of hydrogen-bond acceptors (Lipinski definition) is 2. The Morgan fingerprint density at radius 1 is 0.882 bits per heavy atom. The Balaban J connectivity index is 3.18. The first-order chi connectivity index (χ1) is 8.31. The third-order valence-electron chi connectivity index (χ3n) is 3.13. The van der Waals surface area contributed by atoms with E-state index in [9.17, 15) is 0 Å². The topological polar surface area (TPSA) is 52.0 Å². The molecule has 0 bridgehead atoms. The Bertz CT molecular complexity index is 176. The fourth-order valence-electron chi connectivity index (χ4n) is 1.95. The van der Waals surface area contributed by atoms with Crippen LogP contribution >= 0.6 is 0 Å². The maximum absolute atomic E-state index is 5.94. The van der Waals surface area contributed by atoms with Gasteiger partial charge >= 0.3 is 0 Å². The van der Waals surface area contributed by atoms with Crippen molar-refractivity contribution >= 4 is 0 Å². The number of rotatable bonds is 12. The van der Waals surface area contributed by atoms with E-state index in [2.05, 4.69) is 13.0 Å². The first-order valence-electron chi connectivity index (χ1n) is 7.45. The minimum absolute atomic E-state index is 0.846. The molecule has 2 nitrogen and oxygen atoms in total. The third kappa shape index (κ3) is 13.4. The van der Waals surface area contributed by atoms with Crippen LogP contribution in [0.2, 0.25) is 0 Å². The van der Waals surface area contributed by atoms with E-state index in [-0.39, 0.29) is 0 Å². The number of nitrogens with two attached hydrogens (primary N) is 2. The SMILES string of the molecule is CCCCC=C(N)CCCCCCCCCN. The van der Waals surface area contributed by atoms with Gasteiger partial charge < -0.3 is 11.5 Å². The highest BCUT2D eigenvalue weighted by atomic mass is 14.6. The normalized spacial score (nSPS) is 12.0. The molecular formula is C15H32N2. The standard InChI is InChI=1S/C15H32N2/c1-2-3-9-12-15(17)13-10-7-5-4-6-8-11-14-16/h12H,2-11,13-14,16-17H2,1H3. The Morgan fingerprint density at radius 3 is 2.06 bits per heavy atom. The minimum atomic E-state index is 0.846. The second-order valence-electron chi connectivity index (χ2n) is 4.93. The van der Waals surface area contributed by atoms with E-state index >= 15 is 0 Å². The molecule has 0 radical (unpaired) electrons. The summed E-state index contributed by atoms with van der Waals surface area (Å²) in [4.78, 5) is 0. The lowest BCUT2D eigenvalue weighted by Gasteiger charge is -2.03. The summed E-state index contributed by atoms with van der Waals surface area (Å²) in [5.74, 6) is 0. The molecule has 0 rings (SSSR count). The Kier molecular flexibility index (Phi) is 13.2. The smallest absolute Gasteiger partial charge is 0.00399 e. The van der Waals surface area contributed by atoms with Crippen LogP contribution in [0.25, 0.3) is 0 Å². The van der Waals surface area contributed by atoms with Crippen molar-refractivity contribution in [3.63, 3.8) is 0 Å². The van der Waals surface area contributed by atoms with Crippen LogP contribution in [0, 0.1) is 0 Å². The lowest BCUT2D eigenvalue weighted by Crippen LogP contribution is -1.98. The van der Waals surface area contributed by atoms with Gasteiger partial charge in [-0.15, -0.1) is 0 Å². The van der Waals surface area contributed by atoms with Gasteiger partial charge in [0, 0.05) is 5.70 Å². The molecule has 0 amide bonds. The van der Waals surface area contributed by atoms with Crippen molar-refractivity contribution in [3.8, 4) is 0 Å². The maximum Gasteiger partial charge on any atom is 0.00399 e. The average Bonchev–Trinajstić information content (AvgIpc) is 2.33. The van der Waals surface area contributed by atoms with Crippen LogP contribution in [0.5, 0.6) is 0 Å². The molecule has 2 heteroatoms. The Morgan fingerprint density at radius 2 is 1.47 bits per heavy atom. The van der Waals surface area contributed by atoms with Gasteiger partial charge in [0.15, 0.2) is 0 Å². The summed E-state index contributed by atoms with van der Waals surface area (Å²) in [7, 11) is 0. The van der Waals surface area contributed by atoms with Crippen molar-refractivity contribution in [2.24, 2.45) is 11.5 Å². The largest absolute Gasteiger partial charge is 0.402 e. The van der Waals surface area contributed by atoms with Gasteiger partial charge in [0.2, 0.25) is 0 Å². The quantitative estimate of drug-likeness (QED) is 0.505. The zero-order chi connectivity index (χ0) is 12.8. The molecule has 0 unspecified atom stereocenters. The second kappa shape index (κ2) is 13.6. The predicted octanol–water partition coefficient (Wildman–Crippen LogP) is 4.10. The second-order valence-corrected chi connectivity index (χ2v) is 4.93. The molecule has 0 aromatic rings. The van der Waals surface area contributed by atoms with Crippen molar-refractivity contribution in [1.29, 1.82) is 0 Å². The van der Waals surface area contributed by atoms with Crippen molar-refractivity contribution < 1.29 is 0 Å². The fraction of sp³-hybridized carbons (Fsp3) is 0.867. The molecule has 4 N–H and O–H groups in total. The van der Waals surface area contributed by atoms with Gasteiger partial charge in [0.1, 0.15) is 0 Å². The van der Waals surface area contributed by atoms with E-state index in [4.69, 9.17) is 11.5 Å². The van der Waals surface area contributed by atoms with Crippen molar-refractivity contribution in [3.05, 3.63) is 11.8 Å². The summed E-state index contributed by atoms with van der Waals surface area (Å²) in [6.07, 6.45) is 16.1. The van der Waals surface area contributed by atoms with Crippen molar-refractivity contribution in [2.75, 3.05) is 6.54 Å². The predicted molar refractivity (Wildman–Crippen MR) is 77.8 cm³/mol. The maximum atomic E-state index is 5.94. The van der Waals surface area contributed by atoms with E-state index in [1.54, 1.807) is 0 Å². The first kappa shape index (κ1) is 16.5. The van der Waals surface area contributed by atoms with Crippen LogP contribution in [0.15, 0.2) is 11.8 Å². The van der Waals surface area contributed by atoms with E-state index in [1.165, 1.54) is 57.8 Å². The van der Waals surface area contributed by atoms with Gasteiger partial charge in [-0.25, -0.2) is 0 Å². The summed E-state index contributed by atoms with van der Waals surface area (Å²) in [5, 5.41) is 0. The highest BCUT2D eigenvalue weighted by Gasteiger charge is 1.93. The van der Waals surface area contributed by atoms with Crippen LogP contribution in [0.3, 0.4) is 0 Å². The summed E-state index contributed by atoms with van der Waals surface area (Å²) in [6.45, 7) is 3.06. The van der Waals surface area contributed by atoms with E-state index in [1.807, 2.05) is 0 Å². The summed E-state index contributed by atoms with van der Waals surface area (Å²) < 4.78 is 0. The molecule has 0 atom stereocenters. The van der Waals surface area contributed by atoms with Crippen molar-refractivity contribution in [1.82, 2.24) is 0 Å². The molecule has 0 saturated heterocycles. The molecule has 0 aromatic carbocycles. The van der Waals surface area contributed by atoms with Gasteiger partial charge in [-0.1, -0.05) is 57.9 Å². The summed E-state index contributed by atoms with van der Waals surface area (Å²) >= 11 is 0. The molecule has 102 valence electrons. The average molecular weight is 240 g/mol. The van der Waals surface area contributed by atoms with E-state index in [0.717, 1.165) is 25.1 Å². The molecule has 0 aliphatic rings. The Labute approximate surface area is 108 Å². The van der Waals surface area contributed by atoms with Crippen LogP contribution < -0.4 is 11.5 Å². The summed E-state index contributed by atoms with van der Waals surface area (Å²) in [5.41, 5.74) is 12.5. The molecule has 0 heterocycles. The minimum Gasteiger partial charge on any atom is -0.402 e. The van der Waals surface area contributed by atoms with Gasteiger partial charge in [-0.2, -0.15) is 0 Å². The van der Waals surface area contributed by atoms with Crippen LogP contribution in [0.1, 0.15) is 77.6 Å². The number of allylic oxidation sites excluding steroid dienone is 2. The molecule has 0 aliphatic heterocycles. The first-order valence-corrected chi connectivity index (χ1v) is 7.45. The summed E-state index contributed by atoms with van der Waals surface area (Å²) in [6, 6.07) is 0. The number of unbranched alkanes of at least 4 members (excludes halogenated alkanes) is 8. The zero-order valence-electron chi connectivity index (χ0n) is 11.7. The van der Waals surface area contributed by atoms with Gasteiger partial charge in [-0.05, 0) is 32.2 Å². The highest BCUT2D eigenvalue weighted by molar-refractivity contribution is 4.95. The zero-order valence-corrected chi connectivity index (χ0v) is 11.7. The molecular weight excluding hydrogens is 208 g/mol. The third-order valence-corrected chi connectivity index (χ3v) is 3.13. The van der Waals surface area contributed by atoms with Crippen molar-refractivity contribution in [2.45, 2.75) is 77.6 Å². The van der Waals surface area contributed by atoms with Crippen LogP contribution in [-0.2, 0) is 0 Å². The molecule has 0 aromatic heterocycles. The highest BCUT2D eigenvalue weighted by Crippen LogP contribution is 2.10. The molecule has 0 fully saturated rings.